The van der Waals surface area contributed by atoms with Crippen LogP contribution >= 0.6 is 0 Å². The molecule has 0 saturated carbocycles. The van der Waals surface area contributed by atoms with Crippen LogP contribution in [-0.2, 0) is 35.0 Å². The molecule has 0 amide bonds. The van der Waals surface area contributed by atoms with E-state index in [0.29, 0.717) is 18.6 Å². The summed E-state index contributed by atoms with van der Waals surface area (Å²) in [6.07, 6.45) is 0.464. The molecule has 0 bridgehead atoms. The number of hydrogen-bond acceptors (Lipinski definition) is 7. The van der Waals surface area contributed by atoms with Crippen LogP contribution < -0.4 is 0 Å². The van der Waals surface area contributed by atoms with E-state index >= 15 is 0 Å². The Hall–Kier alpha value is -1.03. The van der Waals surface area contributed by atoms with E-state index in [9.17, 15) is 4.39 Å². The van der Waals surface area contributed by atoms with Crippen molar-refractivity contribution >= 4 is 0 Å². The average molecular weight is 386 g/mol. The van der Waals surface area contributed by atoms with Gasteiger partial charge in [-0.15, -0.1) is 0 Å². The van der Waals surface area contributed by atoms with Gasteiger partial charge in [-0.25, -0.2) is 0 Å². The van der Waals surface area contributed by atoms with Gasteiger partial charge in [0.05, 0.1) is 25.0 Å². The summed E-state index contributed by atoms with van der Waals surface area (Å²) in [4.78, 5) is 0. The van der Waals surface area contributed by atoms with Crippen molar-refractivity contribution in [1.29, 1.82) is 0 Å². The van der Waals surface area contributed by atoms with E-state index in [1.54, 1.807) is 6.07 Å². The molecule has 7 nitrogen and oxygen atoms in total. The Labute approximate surface area is 158 Å². The lowest BCUT2D eigenvalue weighted by molar-refractivity contribution is -0.245. The molecule has 3 saturated heterocycles. The molecule has 3 aliphatic rings. The summed E-state index contributed by atoms with van der Waals surface area (Å²) < 4.78 is 54.5. The normalized spacial score (nSPS) is 44.1. The number of rotatable bonds is 6. The van der Waals surface area contributed by atoms with Crippen molar-refractivity contribution in [2.75, 3.05) is 6.61 Å². The molecule has 4 rings (SSSR count). The predicted octanol–water partition coefficient (Wildman–Crippen LogP) is 3.11. The quantitative estimate of drug-likeness (QED) is 0.744. The molecule has 0 aromatic carbocycles. The highest BCUT2D eigenvalue weighted by Crippen LogP contribution is 2.43. The van der Waals surface area contributed by atoms with Crippen LogP contribution in [0.1, 0.15) is 46.1 Å². The van der Waals surface area contributed by atoms with E-state index in [-0.39, 0.29) is 12.7 Å². The summed E-state index contributed by atoms with van der Waals surface area (Å²) in [6, 6.07) is 0.895. The molecule has 1 aromatic heterocycles. The van der Waals surface area contributed by atoms with Gasteiger partial charge in [0.15, 0.2) is 17.9 Å². The smallest absolute Gasteiger partial charge is 0.283 e. The van der Waals surface area contributed by atoms with Gasteiger partial charge in [0.25, 0.3) is 6.01 Å². The van der Waals surface area contributed by atoms with Gasteiger partial charge < -0.3 is 32.8 Å². The molecule has 0 aliphatic carbocycles. The van der Waals surface area contributed by atoms with Crippen LogP contribution in [0.3, 0.4) is 0 Å². The number of halogens is 1. The maximum absolute atomic E-state index is 13.6. The Morgan fingerprint density at radius 2 is 1.89 bits per heavy atom. The van der Waals surface area contributed by atoms with Crippen molar-refractivity contribution in [1.82, 2.24) is 0 Å². The van der Waals surface area contributed by atoms with Crippen molar-refractivity contribution in [3.8, 4) is 0 Å². The second kappa shape index (κ2) is 7.09. The molecule has 0 N–H and O–H groups in total. The lowest BCUT2D eigenvalue weighted by atomic mass is 10.1. The molecule has 0 radical (unpaired) electrons. The Morgan fingerprint density at radius 3 is 2.52 bits per heavy atom. The monoisotopic (exact) mass is 386 g/mol. The minimum Gasteiger partial charge on any atom is -0.439 e. The van der Waals surface area contributed by atoms with Gasteiger partial charge in [0, 0.05) is 0 Å². The molecule has 152 valence electrons. The lowest BCUT2D eigenvalue weighted by Gasteiger charge is -2.30. The fourth-order valence-electron chi connectivity index (χ4n) is 3.69. The topological polar surface area (TPSA) is 68.5 Å². The maximum Gasteiger partial charge on any atom is 0.283 e. The minimum absolute atomic E-state index is 0.0426. The highest BCUT2D eigenvalue weighted by Gasteiger charge is 2.59. The van der Waals surface area contributed by atoms with Gasteiger partial charge >= 0.3 is 0 Å². The SMILES string of the molecule is CCC1(C)O[C@H]2O[C@H]([C@H]3COC(C)(CC)O3)[C@H](OCc3ccoc3F)[C@H]2O1. The summed E-state index contributed by atoms with van der Waals surface area (Å²) in [5, 5.41) is 0. The third-order valence-electron chi connectivity index (χ3n) is 5.69. The van der Waals surface area contributed by atoms with E-state index in [1.165, 1.54) is 6.26 Å². The summed E-state index contributed by atoms with van der Waals surface area (Å²) in [6.45, 7) is 8.19. The number of hydrogen-bond donors (Lipinski definition) is 0. The zero-order chi connectivity index (χ0) is 19.2. The largest absolute Gasteiger partial charge is 0.439 e. The van der Waals surface area contributed by atoms with Crippen LogP contribution in [0.2, 0.25) is 0 Å². The zero-order valence-electron chi connectivity index (χ0n) is 16.1. The molecule has 1 aromatic rings. The van der Waals surface area contributed by atoms with Crippen molar-refractivity contribution in [3.05, 3.63) is 23.9 Å². The van der Waals surface area contributed by atoms with Crippen LogP contribution in [0.5, 0.6) is 0 Å². The van der Waals surface area contributed by atoms with Crippen LogP contribution in [0, 0.1) is 6.01 Å². The van der Waals surface area contributed by atoms with Gasteiger partial charge in [0.2, 0.25) is 0 Å². The fraction of sp³-hybridized carbons (Fsp3) is 0.789. The number of furan rings is 1. The van der Waals surface area contributed by atoms with Crippen LogP contribution in [0.25, 0.3) is 0 Å². The summed E-state index contributed by atoms with van der Waals surface area (Å²) in [5.74, 6) is -1.37. The Morgan fingerprint density at radius 1 is 1.11 bits per heavy atom. The van der Waals surface area contributed by atoms with E-state index in [1.807, 2.05) is 27.7 Å². The molecule has 3 fully saturated rings. The van der Waals surface area contributed by atoms with Crippen molar-refractivity contribution in [2.24, 2.45) is 0 Å². The number of fused-ring (bicyclic) bond motifs is 1. The van der Waals surface area contributed by atoms with Gasteiger partial charge in [-0.1, -0.05) is 13.8 Å². The maximum atomic E-state index is 13.6. The van der Waals surface area contributed by atoms with Crippen LogP contribution in [-0.4, -0.2) is 48.9 Å². The molecule has 7 atom stereocenters. The third kappa shape index (κ3) is 3.54. The van der Waals surface area contributed by atoms with Gasteiger partial charge in [0.1, 0.15) is 24.4 Å². The van der Waals surface area contributed by atoms with Crippen LogP contribution in [0.15, 0.2) is 16.7 Å². The molecule has 8 heteroatoms. The summed E-state index contributed by atoms with van der Waals surface area (Å²) >= 11 is 0. The molecular weight excluding hydrogens is 359 g/mol. The van der Waals surface area contributed by atoms with E-state index < -0.39 is 42.2 Å². The first-order valence-corrected chi connectivity index (χ1v) is 9.53. The molecule has 3 aliphatic heterocycles. The fourth-order valence-corrected chi connectivity index (χ4v) is 3.69. The second-order valence-electron chi connectivity index (χ2n) is 7.61. The first kappa shape index (κ1) is 19.3. The zero-order valence-corrected chi connectivity index (χ0v) is 16.1. The first-order chi connectivity index (χ1) is 12.9. The van der Waals surface area contributed by atoms with E-state index in [0.717, 1.165) is 6.42 Å². The lowest BCUT2D eigenvalue weighted by Crippen LogP contribution is -2.44. The van der Waals surface area contributed by atoms with Crippen molar-refractivity contribution in [3.63, 3.8) is 0 Å². The molecular formula is C19H27FO7. The van der Waals surface area contributed by atoms with Gasteiger partial charge in [-0.05, 0) is 32.8 Å². The van der Waals surface area contributed by atoms with Crippen molar-refractivity contribution < 1.29 is 37.2 Å². The van der Waals surface area contributed by atoms with Gasteiger partial charge in [-0.3, -0.25) is 0 Å². The Bertz CT molecular complexity index is 666. The first-order valence-electron chi connectivity index (χ1n) is 9.53. The highest BCUT2D eigenvalue weighted by atomic mass is 19.1. The summed E-state index contributed by atoms with van der Waals surface area (Å²) in [7, 11) is 0. The number of ether oxygens (including phenoxy) is 6. The molecule has 0 spiro atoms. The minimum atomic E-state index is -0.728. The standard InChI is InChI=1S/C19H27FO7/c1-5-18(3)23-10-12(25-18)13-14(22-9-11-7-8-21-16(11)20)15-17(24-13)27-19(4,6-2)26-15/h7-8,12-15,17H,5-6,9-10H2,1-4H3/t12-,13-,14+,15-,17-,18?,19?/m1/s1. The summed E-state index contributed by atoms with van der Waals surface area (Å²) in [5.41, 5.74) is 0.344. The Balaban J connectivity index is 1.51. The third-order valence-corrected chi connectivity index (χ3v) is 5.69. The van der Waals surface area contributed by atoms with Gasteiger partial charge in [-0.2, -0.15) is 4.39 Å². The predicted molar refractivity (Wildman–Crippen MR) is 90.1 cm³/mol. The molecule has 27 heavy (non-hydrogen) atoms. The van der Waals surface area contributed by atoms with Crippen molar-refractivity contribution in [2.45, 2.75) is 89.4 Å². The van der Waals surface area contributed by atoms with E-state index in [2.05, 4.69) is 0 Å². The van der Waals surface area contributed by atoms with Crippen LogP contribution in [0.4, 0.5) is 4.39 Å². The molecule has 2 unspecified atom stereocenters. The average Bonchev–Trinajstić information content (AvgIpc) is 3.38. The molecule has 4 heterocycles. The second-order valence-corrected chi connectivity index (χ2v) is 7.61. The van der Waals surface area contributed by atoms with E-state index in [4.69, 9.17) is 32.8 Å². The Kier molecular flexibility index (Phi) is 5.07. The highest BCUT2D eigenvalue weighted by molar-refractivity contribution is 5.07.